The molecule has 0 radical (unpaired) electrons. The van der Waals surface area contributed by atoms with Crippen molar-refractivity contribution in [2.24, 2.45) is 0 Å². The van der Waals surface area contributed by atoms with Crippen molar-refractivity contribution in [3.8, 4) is 0 Å². The van der Waals surface area contributed by atoms with Gasteiger partial charge in [-0.05, 0) is 54.8 Å². The number of rotatable bonds is 8. The van der Waals surface area contributed by atoms with Crippen molar-refractivity contribution >= 4 is 58.1 Å². The normalized spacial score (nSPS) is 13.1. The van der Waals surface area contributed by atoms with Crippen LogP contribution in [-0.2, 0) is 11.2 Å². The number of nitrogens with zero attached hydrogens (tertiary/aromatic N) is 3. The molecule has 1 fully saturated rings. The van der Waals surface area contributed by atoms with Gasteiger partial charge in [0.25, 0.3) is 5.91 Å². The number of amides is 4. The van der Waals surface area contributed by atoms with Gasteiger partial charge in [0.1, 0.15) is 0 Å². The lowest BCUT2D eigenvalue weighted by molar-refractivity contribution is -0.116. The van der Waals surface area contributed by atoms with E-state index in [0.29, 0.717) is 38.2 Å². The number of benzene rings is 3. The summed E-state index contributed by atoms with van der Waals surface area (Å²) in [5.41, 5.74) is 3.65. The van der Waals surface area contributed by atoms with Gasteiger partial charge in [-0.15, -0.1) is 0 Å². The van der Waals surface area contributed by atoms with Crippen LogP contribution in [0.2, 0.25) is 10.0 Å². The third-order valence-electron chi connectivity index (χ3n) is 6.72. The second kappa shape index (κ2) is 13.5. The third kappa shape index (κ3) is 7.67. The number of hydrogen-bond acceptors (Lipinski definition) is 4. The van der Waals surface area contributed by atoms with E-state index in [2.05, 4.69) is 27.7 Å². The molecule has 3 aromatic rings. The lowest BCUT2D eigenvalue weighted by atomic mass is 10.1. The quantitative estimate of drug-likeness (QED) is 0.341. The van der Waals surface area contributed by atoms with Gasteiger partial charge >= 0.3 is 6.03 Å². The lowest BCUT2D eigenvalue weighted by Crippen LogP contribution is -2.50. The van der Waals surface area contributed by atoms with Crippen molar-refractivity contribution in [1.29, 1.82) is 0 Å². The Morgan fingerprint density at radius 1 is 0.850 bits per heavy atom. The Balaban J connectivity index is 1.24. The van der Waals surface area contributed by atoms with E-state index in [9.17, 15) is 14.4 Å². The number of nitrogens with one attached hydrogen (secondary N) is 2. The minimum Gasteiger partial charge on any atom is -0.368 e. The largest absolute Gasteiger partial charge is 0.368 e. The number of aryl methyl sites for hydroxylation is 1. The van der Waals surface area contributed by atoms with Crippen molar-refractivity contribution in [3.63, 3.8) is 0 Å². The maximum absolute atomic E-state index is 12.9. The molecule has 0 aliphatic carbocycles. The molecule has 10 heteroatoms. The van der Waals surface area contributed by atoms with Gasteiger partial charge in [-0.3, -0.25) is 9.59 Å². The topological polar surface area (TPSA) is 85.0 Å². The number of piperazine rings is 1. The summed E-state index contributed by atoms with van der Waals surface area (Å²) in [5.74, 6) is -0.227. The van der Waals surface area contributed by atoms with Crippen LogP contribution in [0, 0.1) is 0 Å². The molecule has 1 heterocycles. The second-order valence-corrected chi connectivity index (χ2v) is 10.7. The van der Waals surface area contributed by atoms with Crippen molar-refractivity contribution < 1.29 is 14.4 Å². The summed E-state index contributed by atoms with van der Waals surface area (Å²) in [4.78, 5) is 42.8. The molecule has 1 saturated heterocycles. The number of hydrogen-bond donors (Lipinski definition) is 2. The zero-order chi connectivity index (χ0) is 28.6. The maximum Gasteiger partial charge on any atom is 0.322 e. The Morgan fingerprint density at radius 3 is 2.08 bits per heavy atom. The van der Waals surface area contributed by atoms with Gasteiger partial charge in [0, 0.05) is 63.6 Å². The first-order chi connectivity index (χ1) is 19.2. The highest BCUT2D eigenvalue weighted by atomic mass is 35.5. The highest BCUT2D eigenvalue weighted by molar-refractivity contribution is 6.40. The Bertz CT molecular complexity index is 1320. The monoisotopic (exact) mass is 581 g/mol. The van der Waals surface area contributed by atoms with Gasteiger partial charge in [-0.2, -0.15) is 0 Å². The van der Waals surface area contributed by atoms with Crippen LogP contribution in [0.5, 0.6) is 0 Å². The maximum atomic E-state index is 12.9. The van der Waals surface area contributed by atoms with Crippen molar-refractivity contribution in [1.82, 2.24) is 9.80 Å². The first-order valence-electron chi connectivity index (χ1n) is 13.2. The summed E-state index contributed by atoms with van der Waals surface area (Å²) in [6, 6.07) is 20.6. The molecule has 0 aromatic heterocycles. The minimum atomic E-state index is -0.305. The molecule has 0 saturated carbocycles. The van der Waals surface area contributed by atoms with Gasteiger partial charge in [-0.25, -0.2) is 4.79 Å². The highest BCUT2D eigenvalue weighted by Gasteiger charge is 2.23. The van der Waals surface area contributed by atoms with E-state index < -0.39 is 0 Å². The van der Waals surface area contributed by atoms with Crippen molar-refractivity contribution in [2.75, 3.05) is 55.8 Å². The van der Waals surface area contributed by atoms with Crippen molar-refractivity contribution in [2.45, 2.75) is 19.3 Å². The van der Waals surface area contributed by atoms with Crippen LogP contribution in [-0.4, -0.2) is 67.9 Å². The fourth-order valence-electron chi connectivity index (χ4n) is 4.50. The van der Waals surface area contributed by atoms with Crippen LogP contribution in [0.15, 0.2) is 66.7 Å². The molecule has 4 rings (SSSR count). The van der Waals surface area contributed by atoms with E-state index in [1.807, 2.05) is 42.5 Å². The summed E-state index contributed by atoms with van der Waals surface area (Å²) in [6.45, 7) is 2.32. The Hall–Kier alpha value is -3.75. The first kappa shape index (κ1) is 29.2. The molecule has 210 valence electrons. The molecular formula is C30H33Cl2N5O3. The zero-order valence-corrected chi connectivity index (χ0v) is 24.1. The van der Waals surface area contributed by atoms with Gasteiger partial charge < -0.3 is 25.3 Å². The number of urea groups is 1. The van der Waals surface area contributed by atoms with Crippen molar-refractivity contribution in [3.05, 3.63) is 87.9 Å². The molecule has 2 N–H and O–H groups in total. The molecule has 0 bridgehead atoms. The van der Waals surface area contributed by atoms with E-state index in [1.165, 1.54) is 22.6 Å². The van der Waals surface area contributed by atoms with E-state index >= 15 is 0 Å². The average Bonchev–Trinajstić information content (AvgIpc) is 2.95. The average molecular weight is 583 g/mol. The van der Waals surface area contributed by atoms with E-state index in [1.54, 1.807) is 19.0 Å². The molecule has 0 atom stereocenters. The highest BCUT2D eigenvalue weighted by Crippen LogP contribution is 2.32. The number of carbonyl (C=O) groups excluding carboxylic acids is 3. The summed E-state index contributed by atoms with van der Waals surface area (Å²) in [7, 11) is 3.28. The summed E-state index contributed by atoms with van der Waals surface area (Å²) < 4.78 is 0. The summed E-state index contributed by atoms with van der Waals surface area (Å²) in [6.07, 6.45) is 2.14. The molecule has 1 aliphatic heterocycles. The number of carbonyl (C=O) groups is 3. The van der Waals surface area contributed by atoms with Gasteiger partial charge in [0.15, 0.2) is 0 Å². The van der Waals surface area contributed by atoms with Crippen LogP contribution in [0.4, 0.5) is 21.9 Å². The smallest absolute Gasteiger partial charge is 0.322 e. The molecule has 3 aromatic carbocycles. The van der Waals surface area contributed by atoms with E-state index in [0.717, 1.165) is 24.2 Å². The van der Waals surface area contributed by atoms with E-state index in [-0.39, 0.29) is 33.6 Å². The van der Waals surface area contributed by atoms with Crippen LogP contribution < -0.4 is 15.5 Å². The predicted molar refractivity (Wildman–Crippen MR) is 162 cm³/mol. The van der Waals surface area contributed by atoms with Crippen LogP contribution in [0.3, 0.4) is 0 Å². The molecule has 4 amide bonds. The fourth-order valence-corrected chi connectivity index (χ4v) is 5.09. The third-order valence-corrected chi connectivity index (χ3v) is 7.32. The second-order valence-electron chi connectivity index (χ2n) is 9.85. The first-order valence-corrected chi connectivity index (χ1v) is 13.9. The molecule has 0 unspecified atom stereocenters. The fraction of sp³-hybridized carbons (Fsp3) is 0.300. The van der Waals surface area contributed by atoms with Crippen LogP contribution in [0.25, 0.3) is 0 Å². The Kier molecular flexibility index (Phi) is 9.90. The van der Waals surface area contributed by atoms with Crippen LogP contribution in [0.1, 0.15) is 28.8 Å². The summed E-state index contributed by atoms with van der Waals surface area (Å²) >= 11 is 12.7. The van der Waals surface area contributed by atoms with Crippen LogP contribution >= 0.6 is 23.2 Å². The minimum absolute atomic E-state index is 0.00227. The molecule has 0 spiro atoms. The summed E-state index contributed by atoms with van der Waals surface area (Å²) in [5, 5.41) is 6.16. The molecule has 8 nitrogen and oxygen atoms in total. The lowest BCUT2D eigenvalue weighted by Gasteiger charge is -2.36. The predicted octanol–water partition coefficient (Wildman–Crippen LogP) is 6.01. The Labute approximate surface area is 244 Å². The van der Waals surface area contributed by atoms with E-state index in [4.69, 9.17) is 23.2 Å². The molecule has 40 heavy (non-hydrogen) atoms. The molecule has 1 aliphatic rings. The number of anilines is 3. The molecular weight excluding hydrogens is 549 g/mol. The zero-order valence-electron chi connectivity index (χ0n) is 22.6. The van der Waals surface area contributed by atoms with Gasteiger partial charge in [0.2, 0.25) is 5.91 Å². The standard InChI is InChI=1S/C30H33Cl2N5O3/c1-35(2)29(39)22-19-25(31)28(26(32)20-22)34-30(40)37-17-15-36(16-18-37)24-13-11-23(12-14-24)33-27(38)10-6-9-21-7-4-3-5-8-21/h3-5,7-8,11-14,19-20H,6,9-10,15-18H2,1-2H3,(H,33,38)(H,34,40). The Morgan fingerprint density at radius 2 is 1.48 bits per heavy atom. The van der Waals surface area contributed by atoms with Gasteiger partial charge in [0.05, 0.1) is 15.7 Å². The SMILES string of the molecule is CN(C)C(=O)c1cc(Cl)c(NC(=O)N2CCN(c3ccc(NC(=O)CCCc4ccccc4)cc3)CC2)c(Cl)c1. The number of halogens is 2. The van der Waals surface area contributed by atoms with Gasteiger partial charge in [-0.1, -0.05) is 53.5 Å².